The van der Waals surface area contributed by atoms with Gasteiger partial charge >= 0.3 is 0 Å². The topological polar surface area (TPSA) is 42.6 Å². The van der Waals surface area contributed by atoms with E-state index >= 15 is 0 Å². The maximum absolute atomic E-state index is 8.69. The van der Waals surface area contributed by atoms with Gasteiger partial charge in [-0.1, -0.05) is 0 Å². The molecule has 12 heavy (non-hydrogen) atoms. The molecule has 1 N–H and O–H groups in total. The molecule has 0 saturated heterocycles. The molecule has 68 valence electrons. The molecule has 0 atom stereocenters. The number of furan rings is 1. The maximum Gasteiger partial charge on any atom is 0.130 e. The third-order valence-electron chi connectivity index (χ3n) is 1.43. The van der Waals surface area contributed by atoms with E-state index in [1.54, 1.807) is 6.07 Å². The van der Waals surface area contributed by atoms with Crippen molar-refractivity contribution >= 4 is 0 Å². The summed E-state index contributed by atoms with van der Waals surface area (Å²) in [6, 6.07) is 3.56. The Morgan fingerprint density at radius 1 is 1.42 bits per heavy atom. The highest BCUT2D eigenvalue weighted by Gasteiger charge is 2.01. The van der Waals surface area contributed by atoms with Crippen molar-refractivity contribution in [2.24, 2.45) is 0 Å². The molecule has 0 fully saturated rings. The van der Waals surface area contributed by atoms with Crippen LogP contribution in [0.2, 0.25) is 0 Å². The van der Waals surface area contributed by atoms with Crippen molar-refractivity contribution in [3.63, 3.8) is 0 Å². The predicted octanol–water partition coefficient (Wildman–Crippen LogP) is 1.70. The largest absolute Gasteiger partial charge is 0.461 e. The molecule has 0 spiro atoms. The van der Waals surface area contributed by atoms with Crippen LogP contribution in [0.3, 0.4) is 0 Å². The molecule has 0 aliphatic carbocycles. The second-order valence-electron chi connectivity index (χ2n) is 2.89. The van der Waals surface area contributed by atoms with Crippen LogP contribution in [-0.4, -0.2) is 11.2 Å². The van der Waals surface area contributed by atoms with Crippen LogP contribution in [0.1, 0.15) is 25.4 Å². The highest BCUT2D eigenvalue weighted by atomic mass is 16.5. The van der Waals surface area contributed by atoms with E-state index in [-0.39, 0.29) is 12.7 Å². The highest BCUT2D eigenvalue weighted by Crippen LogP contribution is 2.09. The normalized spacial score (nSPS) is 11.0. The summed E-state index contributed by atoms with van der Waals surface area (Å²) in [6.45, 7) is 4.35. The van der Waals surface area contributed by atoms with Gasteiger partial charge in [-0.15, -0.1) is 0 Å². The molecule has 0 aromatic carbocycles. The van der Waals surface area contributed by atoms with Crippen molar-refractivity contribution in [2.75, 3.05) is 0 Å². The molecule has 0 amide bonds. The Morgan fingerprint density at radius 3 is 2.58 bits per heavy atom. The molecule has 1 heterocycles. The second kappa shape index (κ2) is 4.28. The van der Waals surface area contributed by atoms with E-state index in [0.29, 0.717) is 12.4 Å². The molecule has 1 aromatic rings. The van der Waals surface area contributed by atoms with Crippen LogP contribution in [-0.2, 0) is 18.0 Å². The van der Waals surface area contributed by atoms with Gasteiger partial charge in [0.05, 0.1) is 6.10 Å². The molecule has 0 unspecified atom stereocenters. The Bertz CT molecular complexity index is 227. The van der Waals surface area contributed by atoms with Crippen molar-refractivity contribution in [1.82, 2.24) is 0 Å². The van der Waals surface area contributed by atoms with Crippen LogP contribution in [0, 0.1) is 0 Å². The molecule has 0 saturated carbocycles. The molecule has 0 bridgehead atoms. The minimum Gasteiger partial charge on any atom is -0.461 e. The summed E-state index contributed by atoms with van der Waals surface area (Å²) >= 11 is 0. The van der Waals surface area contributed by atoms with E-state index < -0.39 is 0 Å². The lowest BCUT2D eigenvalue weighted by atomic mass is 10.4. The van der Waals surface area contributed by atoms with Gasteiger partial charge in [-0.05, 0) is 26.0 Å². The molecule has 0 radical (unpaired) electrons. The number of aliphatic hydroxyl groups excluding tert-OH is 1. The number of rotatable bonds is 4. The first-order valence-electron chi connectivity index (χ1n) is 4.02. The second-order valence-corrected chi connectivity index (χ2v) is 2.89. The third kappa shape index (κ3) is 2.68. The summed E-state index contributed by atoms with van der Waals surface area (Å²) in [5.41, 5.74) is 0. The van der Waals surface area contributed by atoms with Gasteiger partial charge in [0.2, 0.25) is 0 Å². The Labute approximate surface area is 72.0 Å². The number of hydrogen-bond acceptors (Lipinski definition) is 3. The molecule has 0 aliphatic rings. The van der Waals surface area contributed by atoms with E-state index in [1.807, 2.05) is 19.9 Å². The maximum atomic E-state index is 8.69. The lowest BCUT2D eigenvalue weighted by Crippen LogP contribution is -2.01. The number of aliphatic hydroxyl groups is 1. The van der Waals surface area contributed by atoms with Gasteiger partial charge in [-0.2, -0.15) is 0 Å². The Morgan fingerprint density at radius 2 is 2.08 bits per heavy atom. The van der Waals surface area contributed by atoms with Gasteiger partial charge < -0.3 is 14.3 Å². The smallest absolute Gasteiger partial charge is 0.130 e. The third-order valence-corrected chi connectivity index (χ3v) is 1.43. The highest BCUT2D eigenvalue weighted by molar-refractivity contribution is 5.05. The summed E-state index contributed by atoms with van der Waals surface area (Å²) in [4.78, 5) is 0. The van der Waals surface area contributed by atoms with Gasteiger partial charge in [0.15, 0.2) is 0 Å². The van der Waals surface area contributed by atoms with E-state index in [2.05, 4.69) is 0 Å². The lowest BCUT2D eigenvalue weighted by molar-refractivity contribution is 0.0530. The number of ether oxygens (including phenoxy) is 1. The van der Waals surface area contributed by atoms with Crippen LogP contribution < -0.4 is 0 Å². The lowest BCUT2D eigenvalue weighted by Gasteiger charge is -2.04. The fraction of sp³-hybridized carbons (Fsp3) is 0.556. The van der Waals surface area contributed by atoms with Crippen molar-refractivity contribution in [1.29, 1.82) is 0 Å². The zero-order valence-corrected chi connectivity index (χ0v) is 7.41. The van der Waals surface area contributed by atoms with Crippen LogP contribution >= 0.6 is 0 Å². The van der Waals surface area contributed by atoms with Crippen LogP contribution in [0.25, 0.3) is 0 Å². The molecule has 1 rings (SSSR count). The minimum atomic E-state index is -0.0539. The molecule has 0 aliphatic heterocycles. The molecule has 3 heteroatoms. The first kappa shape index (κ1) is 9.29. The van der Waals surface area contributed by atoms with Gasteiger partial charge in [0.1, 0.15) is 24.7 Å². The average molecular weight is 170 g/mol. The Kier molecular flexibility index (Phi) is 3.31. The molecule has 3 nitrogen and oxygen atoms in total. The van der Waals surface area contributed by atoms with Gasteiger partial charge in [0.25, 0.3) is 0 Å². The van der Waals surface area contributed by atoms with Crippen LogP contribution in [0.5, 0.6) is 0 Å². The standard InChI is InChI=1S/C9H14O3/c1-7(2)11-6-9-4-3-8(5-10)12-9/h3-4,7,10H,5-6H2,1-2H3. The summed E-state index contributed by atoms with van der Waals surface area (Å²) in [5, 5.41) is 8.69. The minimum absolute atomic E-state index is 0.0539. The zero-order chi connectivity index (χ0) is 8.97. The van der Waals surface area contributed by atoms with E-state index in [0.717, 1.165) is 5.76 Å². The van der Waals surface area contributed by atoms with Crippen molar-refractivity contribution in [3.05, 3.63) is 23.7 Å². The molecular formula is C9H14O3. The van der Waals surface area contributed by atoms with Crippen molar-refractivity contribution in [3.8, 4) is 0 Å². The number of hydrogen-bond donors (Lipinski definition) is 1. The zero-order valence-electron chi connectivity index (χ0n) is 7.41. The summed E-state index contributed by atoms with van der Waals surface area (Å²) < 4.78 is 10.5. The fourth-order valence-corrected chi connectivity index (χ4v) is 0.834. The summed E-state index contributed by atoms with van der Waals surface area (Å²) in [7, 11) is 0. The van der Waals surface area contributed by atoms with E-state index in [9.17, 15) is 0 Å². The molecule has 1 aromatic heterocycles. The SMILES string of the molecule is CC(C)OCc1ccc(CO)o1. The predicted molar refractivity (Wildman–Crippen MR) is 44.6 cm³/mol. The quantitative estimate of drug-likeness (QED) is 0.747. The fourth-order valence-electron chi connectivity index (χ4n) is 0.834. The van der Waals surface area contributed by atoms with Crippen LogP contribution in [0.15, 0.2) is 16.5 Å². The average Bonchev–Trinajstić information content (AvgIpc) is 2.48. The van der Waals surface area contributed by atoms with Crippen molar-refractivity contribution in [2.45, 2.75) is 33.2 Å². The first-order valence-corrected chi connectivity index (χ1v) is 4.02. The molecular weight excluding hydrogens is 156 g/mol. The van der Waals surface area contributed by atoms with E-state index in [4.69, 9.17) is 14.3 Å². The van der Waals surface area contributed by atoms with Gasteiger partial charge in [-0.25, -0.2) is 0 Å². The summed E-state index contributed by atoms with van der Waals surface area (Å²) in [6.07, 6.45) is 0.202. The van der Waals surface area contributed by atoms with E-state index in [1.165, 1.54) is 0 Å². The van der Waals surface area contributed by atoms with Gasteiger partial charge in [0, 0.05) is 0 Å². The Balaban J connectivity index is 2.41. The van der Waals surface area contributed by atoms with Crippen molar-refractivity contribution < 1.29 is 14.3 Å². The monoisotopic (exact) mass is 170 g/mol. The summed E-state index contributed by atoms with van der Waals surface area (Å²) in [5.74, 6) is 1.34. The first-order chi connectivity index (χ1) is 5.72. The van der Waals surface area contributed by atoms with Crippen LogP contribution in [0.4, 0.5) is 0 Å². The van der Waals surface area contributed by atoms with Gasteiger partial charge in [-0.3, -0.25) is 0 Å². The Hall–Kier alpha value is -0.800.